The van der Waals surface area contributed by atoms with Crippen molar-refractivity contribution in [2.24, 2.45) is 0 Å². The molecule has 3 aromatic rings. The van der Waals surface area contributed by atoms with Crippen LogP contribution in [0.4, 0.5) is 33.7 Å². The van der Waals surface area contributed by atoms with Gasteiger partial charge < -0.3 is 25.8 Å². The van der Waals surface area contributed by atoms with Gasteiger partial charge in [-0.25, -0.2) is 9.18 Å². The summed E-state index contributed by atoms with van der Waals surface area (Å²) in [5.74, 6) is -2.09. The van der Waals surface area contributed by atoms with Crippen LogP contribution in [0.2, 0.25) is 0 Å². The summed E-state index contributed by atoms with van der Waals surface area (Å²) in [6, 6.07) is 12.6. The molecule has 0 aliphatic rings. The Bertz CT molecular complexity index is 1470. The molecule has 0 aliphatic carbocycles. The quantitative estimate of drug-likeness (QED) is 0.121. The molecule has 42 heavy (non-hydrogen) atoms. The molecule has 1 atom stereocenters. The third-order valence-electron chi connectivity index (χ3n) is 5.46. The zero-order chi connectivity index (χ0) is 31.1. The van der Waals surface area contributed by atoms with Gasteiger partial charge in [0.05, 0.1) is 5.69 Å². The number of nitrogens with zero attached hydrogens (tertiary/aromatic N) is 1. The predicted octanol–water partition coefficient (Wildman–Crippen LogP) is 5.84. The standard InChI is InChI=1S/C29H29F4N5O4/c1-28(2,3)42-27(41)36-16-17-5-4-6-20(13-17)37-23(15-24(34)29(31,32)33)26(40)38-22-14-19(7-8-21(22)30)25(39)18-9-11-35-12-10-18/h4-15,25,34,37,39H,16H2,1-3H3,(H,36,41)(H,38,40)/b23-15-,34-24?. The summed E-state index contributed by atoms with van der Waals surface area (Å²) in [7, 11) is 0. The number of anilines is 2. The highest BCUT2D eigenvalue weighted by Gasteiger charge is 2.33. The van der Waals surface area contributed by atoms with Crippen LogP contribution < -0.4 is 16.0 Å². The minimum absolute atomic E-state index is 0.00581. The highest BCUT2D eigenvalue weighted by Crippen LogP contribution is 2.27. The first-order chi connectivity index (χ1) is 19.6. The number of nitrogens with one attached hydrogen (secondary N) is 4. The lowest BCUT2D eigenvalue weighted by Gasteiger charge is -2.19. The van der Waals surface area contributed by atoms with Crippen molar-refractivity contribution in [3.05, 3.63) is 101 Å². The molecule has 1 aromatic heterocycles. The maximum atomic E-state index is 14.6. The van der Waals surface area contributed by atoms with Gasteiger partial charge in [-0.05, 0) is 79.9 Å². The summed E-state index contributed by atoms with van der Waals surface area (Å²) < 4.78 is 59.4. The van der Waals surface area contributed by atoms with Crippen molar-refractivity contribution in [1.82, 2.24) is 10.3 Å². The fourth-order valence-electron chi connectivity index (χ4n) is 3.52. The summed E-state index contributed by atoms with van der Waals surface area (Å²) in [4.78, 5) is 28.9. The van der Waals surface area contributed by atoms with Crippen LogP contribution in [0, 0.1) is 11.2 Å². The Balaban J connectivity index is 1.84. The Morgan fingerprint density at radius 3 is 2.36 bits per heavy atom. The number of hydrogen-bond acceptors (Lipinski definition) is 7. The molecule has 5 N–H and O–H groups in total. The van der Waals surface area contributed by atoms with E-state index >= 15 is 0 Å². The number of alkyl carbamates (subject to hydrolysis) is 1. The topological polar surface area (TPSA) is 136 Å². The lowest BCUT2D eigenvalue weighted by Crippen LogP contribution is -2.32. The van der Waals surface area contributed by atoms with Gasteiger partial charge in [0.25, 0.3) is 5.91 Å². The first-order valence-corrected chi connectivity index (χ1v) is 12.5. The zero-order valence-corrected chi connectivity index (χ0v) is 22.8. The molecule has 2 aromatic carbocycles. The number of amides is 2. The van der Waals surface area contributed by atoms with Gasteiger partial charge in [0.15, 0.2) is 0 Å². The Kier molecular flexibility index (Phi) is 10.0. The third kappa shape index (κ3) is 9.41. The molecule has 9 nitrogen and oxygen atoms in total. The SMILES string of the molecule is CC(C)(C)OC(=O)NCc1cccc(N/C(=C\C(=N)C(F)(F)F)C(=O)Nc2cc(C(O)c3ccncc3)ccc2F)c1. The molecule has 0 saturated heterocycles. The number of aromatic nitrogens is 1. The lowest BCUT2D eigenvalue weighted by molar-refractivity contribution is -0.112. The van der Waals surface area contributed by atoms with Crippen molar-refractivity contribution < 1.29 is 37.0 Å². The molecule has 0 radical (unpaired) electrons. The number of rotatable bonds is 9. The third-order valence-corrected chi connectivity index (χ3v) is 5.46. The number of ether oxygens (including phenoxy) is 1. The molecule has 0 aliphatic heterocycles. The van der Waals surface area contributed by atoms with Gasteiger partial charge in [-0.3, -0.25) is 15.2 Å². The monoisotopic (exact) mass is 587 g/mol. The number of aliphatic hydroxyl groups excluding tert-OH is 1. The van der Waals surface area contributed by atoms with Crippen LogP contribution in [0.3, 0.4) is 0 Å². The van der Waals surface area contributed by atoms with E-state index in [1.807, 2.05) is 0 Å². The number of carbonyl (C=O) groups excluding carboxylic acids is 2. The number of halogens is 4. The highest BCUT2D eigenvalue weighted by atomic mass is 19.4. The Labute approximate surface area is 239 Å². The van der Waals surface area contributed by atoms with Crippen LogP contribution in [-0.4, -0.2) is 39.6 Å². The zero-order valence-electron chi connectivity index (χ0n) is 22.8. The first kappa shape index (κ1) is 31.7. The maximum Gasteiger partial charge on any atom is 0.432 e. The van der Waals surface area contributed by atoms with Gasteiger partial charge in [0, 0.05) is 24.6 Å². The second-order valence-corrected chi connectivity index (χ2v) is 10.0. The van der Waals surface area contributed by atoms with Gasteiger partial charge in [0.2, 0.25) is 0 Å². The van der Waals surface area contributed by atoms with Gasteiger partial charge >= 0.3 is 12.3 Å². The smallest absolute Gasteiger partial charge is 0.432 e. The Morgan fingerprint density at radius 1 is 1.02 bits per heavy atom. The van der Waals surface area contributed by atoms with Crippen LogP contribution in [0.25, 0.3) is 0 Å². The van der Waals surface area contributed by atoms with Crippen molar-refractivity contribution in [2.45, 2.75) is 45.2 Å². The van der Waals surface area contributed by atoms with Crippen LogP contribution in [0.1, 0.15) is 43.6 Å². The summed E-state index contributed by atoms with van der Waals surface area (Å²) in [6.07, 6.45) is -3.77. The lowest BCUT2D eigenvalue weighted by atomic mass is 10.0. The molecule has 0 fully saturated rings. The highest BCUT2D eigenvalue weighted by molar-refractivity contribution is 6.11. The number of hydrogen-bond donors (Lipinski definition) is 5. The fraction of sp³-hybridized carbons (Fsp3) is 0.241. The summed E-state index contributed by atoms with van der Waals surface area (Å²) in [6.45, 7) is 5.09. The van der Waals surface area contributed by atoms with E-state index in [2.05, 4.69) is 20.9 Å². The van der Waals surface area contributed by atoms with Gasteiger partial charge in [0.1, 0.15) is 28.9 Å². The molecule has 222 valence electrons. The van der Waals surface area contributed by atoms with Crippen LogP contribution in [-0.2, 0) is 16.1 Å². The number of carbonyl (C=O) groups is 2. The number of pyridine rings is 1. The van der Waals surface area contributed by atoms with E-state index in [9.17, 15) is 32.3 Å². The van der Waals surface area contributed by atoms with Crippen LogP contribution >= 0.6 is 0 Å². The van der Waals surface area contributed by atoms with E-state index in [-0.39, 0.29) is 23.9 Å². The second-order valence-electron chi connectivity index (χ2n) is 10.0. The van der Waals surface area contributed by atoms with E-state index in [4.69, 9.17) is 10.1 Å². The molecule has 13 heteroatoms. The van der Waals surface area contributed by atoms with Crippen molar-refractivity contribution in [1.29, 1.82) is 5.41 Å². The minimum atomic E-state index is -5.06. The average molecular weight is 588 g/mol. The predicted molar refractivity (Wildman–Crippen MR) is 148 cm³/mol. The molecule has 0 spiro atoms. The van der Waals surface area contributed by atoms with Crippen LogP contribution in [0.5, 0.6) is 0 Å². The molecule has 1 unspecified atom stereocenters. The van der Waals surface area contributed by atoms with Crippen molar-refractivity contribution >= 4 is 29.1 Å². The van der Waals surface area contributed by atoms with E-state index in [1.54, 1.807) is 26.8 Å². The van der Waals surface area contributed by atoms with Crippen molar-refractivity contribution in [3.63, 3.8) is 0 Å². The van der Waals surface area contributed by atoms with E-state index in [1.165, 1.54) is 48.8 Å². The maximum absolute atomic E-state index is 14.6. The number of aliphatic hydroxyl groups is 1. The van der Waals surface area contributed by atoms with Crippen molar-refractivity contribution in [2.75, 3.05) is 10.6 Å². The summed E-state index contributed by atoms with van der Waals surface area (Å²) >= 11 is 0. The molecular weight excluding hydrogens is 558 g/mol. The first-order valence-electron chi connectivity index (χ1n) is 12.5. The number of allylic oxidation sites excluding steroid dienone is 1. The second kappa shape index (κ2) is 13.3. The van der Waals surface area contributed by atoms with Gasteiger partial charge in [-0.15, -0.1) is 0 Å². The van der Waals surface area contributed by atoms with E-state index in [0.717, 1.165) is 12.1 Å². The average Bonchev–Trinajstić information content (AvgIpc) is 2.91. The number of benzene rings is 2. The number of alkyl halides is 3. The Hall–Kier alpha value is -4.78. The molecule has 0 saturated carbocycles. The molecular formula is C29H29F4N5O4. The molecule has 1 heterocycles. The largest absolute Gasteiger partial charge is 0.444 e. The summed E-state index contributed by atoms with van der Waals surface area (Å²) in [5, 5.41) is 25.3. The molecule has 0 bridgehead atoms. The van der Waals surface area contributed by atoms with Crippen LogP contribution in [0.15, 0.2) is 78.8 Å². The van der Waals surface area contributed by atoms with Crippen molar-refractivity contribution in [3.8, 4) is 0 Å². The minimum Gasteiger partial charge on any atom is -0.444 e. The summed E-state index contributed by atoms with van der Waals surface area (Å²) in [5.41, 5.74) is -2.37. The molecule has 2 amide bonds. The Morgan fingerprint density at radius 2 is 1.71 bits per heavy atom. The van der Waals surface area contributed by atoms with Gasteiger partial charge in [-0.1, -0.05) is 18.2 Å². The van der Waals surface area contributed by atoms with E-state index in [0.29, 0.717) is 11.1 Å². The fourth-order valence-corrected chi connectivity index (χ4v) is 3.52. The van der Waals surface area contributed by atoms with E-state index < -0.39 is 52.8 Å². The normalized spacial score (nSPS) is 12.7. The molecule has 3 rings (SSSR count). The van der Waals surface area contributed by atoms with Gasteiger partial charge in [-0.2, -0.15) is 13.2 Å².